The second-order valence-corrected chi connectivity index (χ2v) is 7.33. The monoisotopic (exact) mass is 317 g/mol. The average molecular weight is 317 g/mol. The van der Waals surface area contributed by atoms with E-state index in [2.05, 4.69) is 14.9 Å². The molecule has 6 heteroatoms. The number of nitrogens with one attached hydrogen (secondary N) is 1. The number of sulfonamides is 1. The molecule has 2 aromatic rings. The zero-order valence-electron chi connectivity index (χ0n) is 12.3. The summed E-state index contributed by atoms with van der Waals surface area (Å²) in [7, 11) is -3.44. The van der Waals surface area contributed by atoms with Crippen LogP contribution in [-0.4, -0.2) is 24.7 Å². The van der Waals surface area contributed by atoms with E-state index in [9.17, 15) is 8.42 Å². The van der Waals surface area contributed by atoms with Crippen molar-refractivity contribution in [1.82, 2.24) is 14.9 Å². The zero-order chi connectivity index (χ0) is 15.4. The maximum absolute atomic E-state index is 12.4. The van der Waals surface area contributed by atoms with Crippen LogP contribution in [0.4, 0.5) is 0 Å². The maximum atomic E-state index is 12.4. The number of hydrogen-bond donors (Lipinski definition) is 1. The molecule has 22 heavy (non-hydrogen) atoms. The first-order valence-corrected chi connectivity index (χ1v) is 9.03. The van der Waals surface area contributed by atoms with Gasteiger partial charge in [-0.1, -0.05) is 31.4 Å². The average Bonchev–Trinajstić information content (AvgIpc) is 2.56. The Morgan fingerprint density at radius 1 is 0.909 bits per heavy atom. The fourth-order valence-corrected chi connectivity index (χ4v) is 4.10. The van der Waals surface area contributed by atoms with Gasteiger partial charge < -0.3 is 0 Å². The fourth-order valence-electron chi connectivity index (χ4n) is 2.80. The quantitative estimate of drug-likeness (QED) is 0.941. The Morgan fingerprint density at radius 2 is 1.64 bits per heavy atom. The second-order valence-electron chi connectivity index (χ2n) is 5.61. The molecular weight excluding hydrogens is 298 g/mol. The standard InChI is InChI=1S/C16H19N3O2S/c20-22(21,19-15-4-2-1-3-5-15)16-8-6-13(7-9-16)14-10-11-17-18-12-14/h6-12,15,19H,1-5H2. The Labute approximate surface area is 130 Å². The molecular formula is C16H19N3O2S. The number of nitrogens with zero attached hydrogens (tertiary/aromatic N) is 2. The summed E-state index contributed by atoms with van der Waals surface area (Å²) in [4.78, 5) is 0.309. The molecule has 0 unspecified atom stereocenters. The van der Waals surface area contributed by atoms with E-state index in [1.807, 2.05) is 6.07 Å². The van der Waals surface area contributed by atoms with Gasteiger partial charge in [0.05, 0.1) is 17.3 Å². The topological polar surface area (TPSA) is 72.0 Å². The van der Waals surface area contributed by atoms with Gasteiger partial charge in [0.1, 0.15) is 0 Å². The molecule has 116 valence electrons. The molecule has 1 aromatic carbocycles. The summed E-state index contributed by atoms with van der Waals surface area (Å²) in [6.45, 7) is 0. The van der Waals surface area contributed by atoms with Crippen LogP contribution in [0.15, 0.2) is 47.6 Å². The fraction of sp³-hybridized carbons (Fsp3) is 0.375. The lowest BCUT2D eigenvalue weighted by atomic mass is 9.96. The predicted octanol–water partition coefficient (Wildman–Crippen LogP) is 2.75. The van der Waals surface area contributed by atoms with Crippen molar-refractivity contribution in [3.63, 3.8) is 0 Å². The number of aromatic nitrogens is 2. The highest BCUT2D eigenvalue weighted by Crippen LogP contribution is 2.22. The maximum Gasteiger partial charge on any atom is 0.240 e. The Morgan fingerprint density at radius 3 is 2.27 bits per heavy atom. The third-order valence-corrected chi connectivity index (χ3v) is 5.55. The van der Waals surface area contributed by atoms with Crippen LogP contribution in [0.3, 0.4) is 0 Å². The summed E-state index contributed by atoms with van der Waals surface area (Å²) >= 11 is 0. The molecule has 0 aliphatic heterocycles. The van der Waals surface area contributed by atoms with Crippen molar-refractivity contribution >= 4 is 10.0 Å². The Hall–Kier alpha value is -1.79. The minimum atomic E-state index is -3.44. The Kier molecular flexibility index (Phi) is 4.49. The summed E-state index contributed by atoms with van der Waals surface area (Å²) in [5.41, 5.74) is 1.84. The summed E-state index contributed by atoms with van der Waals surface area (Å²) in [5, 5.41) is 7.57. The van der Waals surface area contributed by atoms with E-state index >= 15 is 0 Å². The van der Waals surface area contributed by atoms with Gasteiger partial charge in [-0.3, -0.25) is 0 Å². The third-order valence-electron chi connectivity index (χ3n) is 4.01. The molecule has 1 saturated carbocycles. The van der Waals surface area contributed by atoms with Crippen molar-refractivity contribution in [3.8, 4) is 11.1 Å². The Balaban J connectivity index is 1.76. The minimum Gasteiger partial charge on any atom is -0.208 e. The normalized spacial score (nSPS) is 16.5. The molecule has 0 amide bonds. The highest BCUT2D eigenvalue weighted by Gasteiger charge is 2.21. The van der Waals surface area contributed by atoms with E-state index in [4.69, 9.17) is 0 Å². The zero-order valence-corrected chi connectivity index (χ0v) is 13.1. The van der Waals surface area contributed by atoms with E-state index in [0.717, 1.165) is 36.8 Å². The number of rotatable bonds is 4. The first-order valence-electron chi connectivity index (χ1n) is 7.55. The van der Waals surface area contributed by atoms with Crippen molar-refractivity contribution in [2.24, 2.45) is 0 Å². The summed E-state index contributed by atoms with van der Waals surface area (Å²) in [6, 6.07) is 8.79. The van der Waals surface area contributed by atoms with Crippen LogP contribution in [0.1, 0.15) is 32.1 Å². The van der Waals surface area contributed by atoms with Gasteiger partial charge in [-0.05, 0) is 36.6 Å². The van der Waals surface area contributed by atoms with E-state index in [0.29, 0.717) is 4.90 Å². The van der Waals surface area contributed by atoms with Gasteiger partial charge in [0.15, 0.2) is 0 Å². The molecule has 1 heterocycles. The molecule has 1 aromatic heterocycles. The smallest absolute Gasteiger partial charge is 0.208 e. The summed E-state index contributed by atoms with van der Waals surface area (Å²) < 4.78 is 27.7. The van der Waals surface area contributed by atoms with Crippen LogP contribution in [0.25, 0.3) is 11.1 Å². The Bertz CT molecular complexity index is 709. The van der Waals surface area contributed by atoms with E-state index in [1.54, 1.807) is 36.7 Å². The molecule has 1 aliphatic rings. The lowest BCUT2D eigenvalue weighted by Crippen LogP contribution is -2.36. The first kappa shape index (κ1) is 15.1. The van der Waals surface area contributed by atoms with Gasteiger partial charge >= 0.3 is 0 Å². The van der Waals surface area contributed by atoms with Crippen LogP contribution in [0.5, 0.6) is 0 Å². The molecule has 0 radical (unpaired) electrons. The van der Waals surface area contributed by atoms with Crippen molar-refractivity contribution in [3.05, 3.63) is 42.7 Å². The van der Waals surface area contributed by atoms with Gasteiger partial charge in [0, 0.05) is 11.6 Å². The van der Waals surface area contributed by atoms with E-state index < -0.39 is 10.0 Å². The van der Waals surface area contributed by atoms with Gasteiger partial charge in [-0.15, -0.1) is 0 Å². The third kappa shape index (κ3) is 3.51. The minimum absolute atomic E-state index is 0.0721. The van der Waals surface area contributed by atoms with E-state index in [-0.39, 0.29) is 6.04 Å². The van der Waals surface area contributed by atoms with Gasteiger partial charge in [-0.2, -0.15) is 10.2 Å². The highest BCUT2D eigenvalue weighted by atomic mass is 32.2. The molecule has 0 spiro atoms. The van der Waals surface area contributed by atoms with Crippen molar-refractivity contribution in [1.29, 1.82) is 0 Å². The highest BCUT2D eigenvalue weighted by molar-refractivity contribution is 7.89. The predicted molar refractivity (Wildman–Crippen MR) is 84.7 cm³/mol. The summed E-state index contributed by atoms with van der Waals surface area (Å²) in [5.74, 6) is 0. The van der Waals surface area contributed by atoms with Crippen molar-refractivity contribution in [2.45, 2.75) is 43.0 Å². The summed E-state index contributed by atoms with van der Waals surface area (Å²) in [6.07, 6.45) is 8.53. The van der Waals surface area contributed by atoms with Gasteiger partial charge in [0.2, 0.25) is 10.0 Å². The van der Waals surface area contributed by atoms with Gasteiger partial charge in [0.25, 0.3) is 0 Å². The lowest BCUT2D eigenvalue weighted by molar-refractivity contribution is 0.412. The van der Waals surface area contributed by atoms with Crippen LogP contribution in [0.2, 0.25) is 0 Å². The second kappa shape index (κ2) is 6.54. The molecule has 1 N–H and O–H groups in total. The van der Waals surface area contributed by atoms with Crippen molar-refractivity contribution < 1.29 is 8.42 Å². The van der Waals surface area contributed by atoms with Crippen LogP contribution >= 0.6 is 0 Å². The van der Waals surface area contributed by atoms with Crippen LogP contribution in [-0.2, 0) is 10.0 Å². The SMILES string of the molecule is O=S(=O)(NC1CCCCC1)c1ccc(-c2ccnnc2)cc1. The van der Waals surface area contributed by atoms with Crippen LogP contribution < -0.4 is 4.72 Å². The lowest BCUT2D eigenvalue weighted by Gasteiger charge is -2.22. The van der Waals surface area contributed by atoms with Crippen molar-refractivity contribution in [2.75, 3.05) is 0 Å². The molecule has 0 saturated heterocycles. The molecule has 0 bridgehead atoms. The largest absolute Gasteiger partial charge is 0.240 e. The molecule has 5 nitrogen and oxygen atoms in total. The molecule has 0 atom stereocenters. The van der Waals surface area contributed by atoms with E-state index in [1.165, 1.54) is 6.42 Å². The van der Waals surface area contributed by atoms with Gasteiger partial charge in [-0.25, -0.2) is 13.1 Å². The molecule has 1 aliphatic carbocycles. The number of benzene rings is 1. The number of hydrogen-bond acceptors (Lipinski definition) is 4. The molecule has 1 fully saturated rings. The van der Waals surface area contributed by atoms with Crippen LogP contribution in [0, 0.1) is 0 Å². The first-order chi connectivity index (χ1) is 10.6. The molecule has 3 rings (SSSR count).